The zero-order valence-electron chi connectivity index (χ0n) is 13.3. The van der Waals surface area contributed by atoms with Gasteiger partial charge in [-0.3, -0.25) is 4.79 Å². The maximum atomic E-state index is 12.9. The largest absolute Gasteiger partial charge is 0.493 e. The first-order chi connectivity index (χ1) is 11.7. The molecule has 0 N–H and O–H groups in total. The number of carbonyl (C=O) groups is 1. The third kappa shape index (κ3) is 4.50. The highest BCUT2D eigenvalue weighted by molar-refractivity contribution is 5.76. The smallest absolute Gasteiger partial charge is 0.224 e. The summed E-state index contributed by atoms with van der Waals surface area (Å²) in [7, 11) is 0. The molecule has 2 aromatic rings. The van der Waals surface area contributed by atoms with E-state index in [1.165, 1.54) is 18.5 Å². The Bertz CT molecular complexity index is 647. The van der Waals surface area contributed by atoms with Gasteiger partial charge in [0.15, 0.2) is 0 Å². The molecule has 1 aliphatic rings. The Hall–Kier alpha value is -2.51. The van der Waals surface area contributed by atoms with E-state index in [-0.39, 0.29) is 11.7 Å². The van der Waals surface area contributed by atoms with Crippen LogP contribution in [0, 0.1) is 11.7 Å². The number of nitrogens with zero attached hydrogens (tertiary/aromatic N) is 5. The van der Waals surface area contributed by atoms with E-state index in [0.29, 0.717) is 37.8 Å². The van der Waals surface area contributed by atoms with Gasteiger partial charge in [-0.2, -0.15) is 0 Å². The molecule has 3 rings (SSSR count). The molecule has 2 heterocycles. The van der Waals surface area contributed by atoms with Crippen LogP contribution in [-0.2, 0) is 11.3 Å². The highest BCUT2D eigenvalue weighted by Crippen LogP contribution is 2.19. The third-order valence-corrected chi connectivity index (χ3v) is 4.12. The molecule has 0 saturated carbocycles. The van der Waals surface area contributed by atoms with Crippen LogP contribution < -0.4 is 4.74 Å². The Balaban J connectivity index is 1.45. The number of aryl methyl sites for hydroxylation is 1. The highest BCUT2D eigenvalue weighted by atomic mass is 19.1. The second kappa shape index (κ2) is 7.85. The van der Waals surface area contributed by atoms with Crippen molar-refractivity contribution >= 4 is 5.91 Å². The third-order valence-electron chi connectivity index (χ3n) is 4.12. The van der Waals surface area contributed by atoms with E-state index in [2.05, 4.69) is 15.5 Å². The van der Waals surface area contributed by atoms with Gasteiger partial charge in [-0.1, -0.05) is 0 Å². The molecule has 1 saturated heterocycles. The van der Waals surface area contributed by atoms with Crippen LogP contribution in [0.3, 0.4) is 0 Å². The maximum absolute atomic E-state index is 12.9. The molecule has 24 heavy (non-hydrogen) atoms. The number of likely N-dealkylation sites (tertiary alicyclic amines) is 1. The minimum Gasteiger partial charge on any atom is -0.493 e. The Morgan fingerprint density at radius 1 is 1.33 bits per heavy atom. The van der Waals surface area contributed by atoms with E-state index >= 15 is 0 Å². The number of amides is 1. The fraction of sp³-hybridized carbons (Fsp3) is 0.500. The van der Waals surface area contributed by atoms with Gasteiger partial charge in [-0.25, -0.2) is 9.07 Å². The van der Waals surface area contributed by atoms with Crippen molar-refractivity contribution in [3.05, 3.63) is 36.4 Å². The first kappa shape index (κ1) is 16.4. The lowest BCUT2D eigenvalue weighted by atomic mass is 9.98. The predicted octanol–water partition coefficient (Wildman–Crippen LogP) is 1.52. The van der Waals surface area contributed by atoms with Crippen LogP contribution in [0.15, 0.2) is 30.6 Å². The Morgan fingerprint density at radius 3 is 2.92 bits per heavy atom. The molecule has 0 bridgehead atoms. The lowest BCUT2D eigenvalue weighted by molar-refractivity contribution is -0.133. The van der Waals surface area contributed by atoms with Gasteiger partial charge >= 0.3 is 0 Å². The van der Waals surface area contributed by atoms with E-state index < -0.39 is 0 Å². The minimum atomic E-state index is -0.278. The molecule has 1 atom stereocenters. The Kier molecular flexibility index (Phi) is 5.35. The molecule has 1 aromatic heterocycles. The van der Waals surface area contributed by atoms with Gasteiger partial charge in [0.2, 0.25) is 5.91 Å². The van der Waals surface area contributed by atoms with Crippen LogP contribution in [0.5, 0.6) is 5.75 Å². The number of hydrogen-bond donors (Lipinski definition) is 0. The molecule has 0 spiro atoms. The van der Waals surface area contributed by atoms with Crippen molar-refractivity contribution in [3.8, 4) is 5.75 Å². The summed E-state index contributed by atoms with van der Waals surface area (Å²) in [5.74, 6) is 0.774. The molecule has 1 unspecified atom stereocenters. The molecule has 1 aromatic carbocycles. The van der Waals surface area contributed by atoms with Gasteiger partial charge in [0.25, 0.3) is 0 Å². The number of rotatable bonds is 6. The van der Waals surface area contributed by atoms with Crippen LogP contribution in [0.1, 0.15) is 19.3 Å². The molecule has 0 aliphatic carbocycles. The first-order valence-electron chi connectivity index (χ1n) is 8.07. The van der Waals surface area contributed by atoms with E-state index in [1.807, 2.05) is 4.90 Å². The zero-order valence-corrected chi connectivity index (χ0v) is 13.3. The number of hydrogen-bond acceptors (Lipinski definition) is 5. The quantitative estimate of drug-likeness (QED) is 0.801. The molecule has 0 radical (unpaired) electrons. The number of carbonyl (C=O) groups excluding carboxylic acids is 1. The SMILES string of the molecule is O=C(CCn1cnnn1)N1CCCC(COc2ccc(F)cc2)C1. The Labute approximate surface area is 139 Å². The van der Waals surface area contributed by atoms with Crippen molar-refractivity contribution in [1.82, 2.24) is 25.1 Å². The van der Waals surface area contributed by atoms with Gasteiger partial charge in [0, 0.05) is 25.4 Å². The number of halogens is 1. The summed E-state index contributed by atoms with van der Waals surface area (Å²) in [4.78, 5) is 14.2. The molecule has 128 valence electrons. The molecule has 1 fully saturated rings. The van der Waals surface area contributed by atoms with Gasteiger partial charge in [0.1, 0.15) is 17.9 Å². The molecule has 7 nitrogen and oxygen atoms in total. The molecular weight excluding hydrogens is 313 g/mol. The van der Waals surface area contributed by atoms with Crippen molar-refractivity contribution in [2.45, 2.75) is 25.8 Å². The highest BCUT2D eigenvalue weighted by Gasteiger charge is 2.24. The monoisotopic (exact) mass is 333 g/mol. The van der Waals surface area contributed by atoms with Crippen molar-refractivity contribution in [2.75, 3.05) is 19.7 Å². The topological polar surface area (TPSA) is 73.1 Å². The number of tetrazole rings is 1. The number of benzene rings is 1. The van der Waals surface area contributed by atoms with Crippen LogP contribution >= 0.6 is 0 Å². The summed E-state index contributed by atoms with van der Waals surface area (Å²) >= 11 is 0. The lowest BCUT2D eigenvalue weighted by Crippen LogP contribution is -2.41. The van der Waals surface area contributed by atoms with E-state index in [4.69, 9.17) is 4.74 Å². The average molecular weight is 333 g/mol. The maximum Gasteiger partial charge on any atom is 0.224 e. The van der Waals surface area contributed by atoms with Crippen LogP contribution in [0.25, 0.3) is 0 Å². The van der Waals surface area contributed by atoms with Crippen molar-refractivity contribution in [1.29, 1.82) is 0 Å². The second-order valence-electron chi connectivity index (χ2n) is 5.94. The van der Waals surface area contributed by atoms with Crippen molar-refractivity contribution in [3.63, 3.8) is 0 Å². The minimum absolute atomic E-state index is 0.108. The number of aromatic nitrogens is 4. The summed E-state index contributed by atoms with van der Waals surface area (Å²) in [5.41, 5.74) is 0. The number of piperidine rings is 1. The summed E-state index contributed by atoms with van der Waals surface area (Å²) in [6.07, 6.45) is 3.88. The molecule has 8 heteroatoms. The van der Waals surface area contributed by atoms with Crippen molar-refractivity contribution in [2.24, 2.45) is 5.92 Å². The fourth-order valence-electron chi connectivity index (χ4n) is 2.82. The van der Waals surface area contributed by atoms with Crippen molar-refractivity contribution < 1.29 is 13.9 Å². The van der Waals surface area contributed by atoms with Crippen LogP contribution in [0.2, 0.25) is 0 Å². The van der Waals surface area contributed by atoms with Gasteiger partial charge in [-0.15, -0.1) is 5.10 Å². The van der Waals surface area contributed by atoms with Crippen LogP contribution in [0.4, 0.5) is 4.39 Å². The van der Waals surface area contributed by atoms with E-state index in [0.717, 1.165) is 19.4 Å². The zero-order chi connectivity index (χ0) is 16.8. The summed E-state index contributed by atoms with van der Waals surface area (Å²) < 4.78 is 20.1. The fourth-order valence-corrected chi connectivity index (χ4v) is 2.82. The summed E-state index contributed by atoms with van der Waals surface area (Å²) in [6.45, 7) is 2.48. The Morgan fingerprint density at radius 2 is 2.17 bits per heavy atom. The van der Waals surface area contributed by atoms with E-state index in [9.17, 15) is 9.18 Å². The summed E-state index contributed by atoms with van der Waals surface area (Å²) in [5, 5.41) is 10.9. The standard InChI is InChI=1S/C16H20FN5O2/c17-14-3-5-15(6-4-14)24-11-13-2-1-8-21(10-13)16(23)7-9-22-12-18-19-20-22/h3-6,12-13H,1-2,7-11H2. The summed E-state index contributed by atoms with van der Waals surface area (Å²) in [6, 6.07) is 6.00. The van der Waals surface area contributed by atoms with Gasteiger partial charge in [-0.05, 0) is 47.5 Å². The molecule has 1 aliphatic heterocycles. The predicted molar refractivity (Wildman–Crippen MR) is 83.6 cm³/mol. The normalized spacial score (nSPS) is 17.7. The van der Waals surface area contributed by atoms with E-state index in [1.54, 1.807) is 16.8 Å². The van der Waals surface area contributed by atoms with Crippen LogP contribution in [-0.4, -0.2) is 50.7 Å². The average Bonchev–Trinajstić information content (AvgIpc) is 3.13. The van der Waals surface area contributed by atoms with Gasteiger partial charge in [0.05, 0.1) is 13.2 Å². The molecular formula is C16H20FN5O2. The lowest BCUT2D eigenvalue weighted by Gasteiger charge is -2.32. The number of ether oxygens (including phenoxy) is 1. The first-order valence-corrected chi connectivity index (χ1v) is 8.07. The van der Waals surface area contributed by atoms with Gasteiger partial charge < -0.3 is 9.64 Å². The molecule has 1 amide bonds. The second-order valence-corrected chi connectivity index (χ2v) is 5.94.